The average Bonchev–Trinajstić information content (AvgIpc) is 2.48. The first-order valence-corrected chi connectivity index (χ1v) is 8.81. The Kier molecular flexibility index (Phi) is 6.06. The summed E-state index contributed by atoms with van der Waals surface area (Å²) in [5, 5.41) is 6.82. The number of piperazine rings is 1. The summed E-state index contributed by atoms with van der Waals surface area (Å²) in [4.78, 5) is 16.6. The number of hydrogen-bond acceptors (Lipinski definition) is 4. The summed E-state index contributed by atoms with van der Waals surface area (Å²) in [6.45, 7) is 9.30. The van der Waals surface area contributed by atoms with E-state index in [4.69, 9.17) is 23.8 Å². The maximum Gasteiger partial charge on any atom is 0.231 e. The molecule has 0 unspecified atom stereocenters. The van der Waals surface area contributed by atoms with Crippen LogP contribution >= 0.6 is 23.8 Å². The van der Waals surface area contributed by atoms with Crippen LogP contribution in [0.4, 0.5) is 11.4 Å². The second-order valence-corrected chi connectivity index (χ2v) is 7.90. The van der Waals surface area contributed by atoms with Crippen LogP contribution in [0.25, 0.3) is 0 Å². The molecule has 1 saturated heterocycles. The molecule has 7 heteroatoms. The molecule has 0 saturated carbocycles. The molecule has 1 fully saturated rings. The molecular weight excluding hydrogens is 344 g/mol. The van der Waals surface area contributed by atoms with Gasteiger partial charge in [0.25, 0.3) is 0 Å². The standard InChI is InChI=1S/C17H25ClN4OS/c1-17(2,3)15(23)20-16(24)19-13-7-5-6-12(18)14(13)22-10-8-21(4)9-11-22/h5-7H,8-11H2,1-4H3,(H2,19,20,23,24). The van der Waals surface area contributed by atoms with Crippen molar-refractivity contribution in [2.75, 3.05) is 43.4 Å². The van der Waals surface area contributed by atoms with Gasteiger partial charge in [-0.15, -0.1) is 0 Å². The van der Waals surface area contributed by atoms with Gasteiger partial charge >= 0.3 is 0 Å². The van der Waals surface area contributed by atoms with Crippen molar-refractivity contribution in [3.05, 3.63) is 23.2 Å². The molecule has 0 radical (unpaired) electrons. The smallest absolute Gasteiger partial charge is 0.231 e. The van der Waals surface area contributed by atoms with Crippen molar-refractivity contribution in [1.82, 2.24) is 10.2 Å². The largest absolute Gasteiger partial charge is 0.366 e. The highest BCUT2D eigenvalue weighted by atomic mass is 35.5. The summed E-state index contributed by atoms with van der Waals surface area (Å²) in [6, 6.07) is 5.67. The number of carbonyl (C=O) groups is 1. The van der Waals surface area contributed by atoms with Gasteiger partial charge in [-0.25, -0.2) is 0 Å². The highest BCUT2D eigenvalue weighted by Gasteiger charge is 2.23. The summed E-state index contributed by atoms with van der Waals surface area (Å²) in [5.41, 5.74) is 1.24. The lowest BCUT2D eigenvalue weighted by Gasteiger charge is -2.35. The van der Waals surface area contributed by atoms with Crippen LogP contribution in [-0.4, -0.2) is 49.1 Å². The van der Waals surface area contributed by atoms with E-state index in [2.05, 4.69) is 27.5 Å². The first-order valence-electron chi connectivity index (χ1n) is 8.03. The lowest BCUT2D eigenvalue weighted by Crippen LogP contribution is -2.45. The van der Waals surface area contributed by atoms with Crippen molar-refractivity contribution in [2.24, 2.45) is 5.41 Å². The number of rotatable bonds is 2. The average molecular weight is 369 g/mol. The zero-order chi connectivity index (χ0) is 17.9. The Balaban J connectivity index is 2.14. The number of amides is 1. The van der Waals surface area contributed by atoms with E-state index in [1.54, 1.807) is 0 Å². The molecule has 0 aromatic heterocycles. The van der Waals surface area contributed by atoms with Crippen LogP contribution in [0.3, 0.4) is 0 Å². The van der Waals surface area contributed by atoms with Crippen LogP contribution in [0, 0.1) is 5.41 Å². The van der Waals surface area contributed by atoms with E-state index in [0.717, 1.165) is 37.6 Å². The highest BCUT2D eigenvalue weighted by Crippen LogP contribution is 2.34. The van der Waals surface area contributed by atoms with Gasteiger partial charge in [-0.1, -0.05) is 38.4 Å². The number of nitrogens with one attached hydrogen (secondary N) is 2. The number of halogens is 1. The topological polar surface area (TPSA) is 47.6 Å². The minimum absolute atomic E-state index is 0.122. The van der Waals surface area contributed by atoms with E-state index in [9.17, 15) is 4.79 Å². The third-order valence-electron chi connectivity index (χ3n) is 3.96. The molecule has 0 bridgehead atoms. The van der Waals surface area contributed by atoms with Crippen LogP contribution in [0.15, 0.2) is 18.2 Å². The normalized spacial score (nSPS) is 16.0. The number of para-hydroxylation sites is 1. The highest BCUT2D eigenvalue weighted by molar-refractivity contribution is 7.80. The van der Waals surface area contributed by atoms with Gasteiger partial charge < -0.3 is 20.4 Å². The van der Waals surface area contributed by atoms with Gasteiger partial charge in [-0.2, -0.15) is 0 Å². The molecule has 1 aromatic carbocycles. The predicted octanol–water partition coefficient (Wildman–Crippen LogP) is 2.95. The van der Waals surface area contributed by atoms with E-state index in [-0.39, 0.29) is 11.0 Å². The summed E-state index contributed by atoms with van der Waals surface area (Å²) in [6.07, 6.45) is 0. The number of thiocarbonyl (C=S) groups is 1. The van der Waals surface area contributed by atoms with Crippen LogP contribution in [0.2, 0.25) is 5.02 Å². The van der Waals surface area contributed by atoms with Crippen molar-refractivity contribution in [3.63, 3.8) is 0 Å². The molecular formula is C17H25ClN4OS. The fraction of sp³-hybridized carbons (Fsp3) is 0.529. The van der Waals surface area contributed by atoms with E-state index in [1.807, 2.05) is 39.0 Å². The third-order valence-corrected chi connectivity index (χ3v) is 4.47. The molecule has 24 heavy (non-hydrogen) atoms. The molecule has 1 amide bonds. The Labute approximate surface area is 154 Å². The zero-order valence-electron chi connectivity index (χ0n) is 14.6. The summed E-state index contributed by atoms with van der Waals surface area (Å²) >= 11 is 11.7. The van der Waals surface area contributed by atoms with E-state index < -0.39 is 5.41 Å². The van der Waals surface area contributed by atoms with E-state index in [0.29, 0.717) is 5.02 Å². The number of carbonyl (C=O) groups excluding carboxylic acids is 1. The van der Waals surface area contributed by atoms with Gasteiger partial charge in [-0.3, -0.25) is 4.79 Å². The molecule has 1 aliphatic heterocycles. The Hall–Kier alpha value is -1.37. The molecule has 1 aliphatic rings. The van der Waals surface area contributed by atoms with Crippen LogP contribution < -0.4 is 15.5 Å². The van der Waals surface area contributed by atoms with Crippen molar-refractivity contribution in [1.29, 1.82) is 0 Å². The molecule has 1 aromatic rings. The second-order valence-electron chi connectivity index (χ2n) is 7.08. The minimum atomic E-state index is -0.500. The monoisotopic (exact) mass is 368 g/mol. The van der Waals surface area contributed by atoms with Gasteiger partial charge in [0.1, 0.15) is 0 Å². The van der Waals surface area contributed by atoms with Crippen molar-refractivity contribution in [2.45, 2.75) is 20.8 Å². The first kappa shape index (κ1) is 19.0. The van der Waals surface area contributed by atoms with Crippen molar-refractivity contribution in [3.8, 4) is 0 Å². The predicted molar refractivity (Wildman–Crippen MR) is 105 cm³/mol. The summed E-state index contributed by atoms with van der Waals surface area (Å²) in [5.74, 6) is -0.122. The molecule has 2 N–H and O–H groups in total. The second kappa shape index (κ2) is 7.68. The summed E-state index contributed by atoms with van der Waals surface area (Å²) < 4.78 is 0. The maximum absolute atomic E-state index is 12.1. The molecule has 2 rings (SSSR count). The van der Waals surface area contributed by atoms with Gasteiger partial charge in [-0.05, 0) is 31.4 Å². The number of likely N-dealkylation sites (N-methyl/N-ethyl adjacent to an activating group) is 1. The van der Waals surface area contributed by atoms with Gasteiger partial charge in [0.15, 0.2) is 5.11 Å². The zero-order valence-corrected chi connectivity index (χ0v) is 16.2. The van der Waals surface area contributed by atoms with E-state index >= 15 is 0 Å². The number of nitrogens with zero attached hydrogens (tertiary/aromatic N) is 2. The fourth-order valence-corrected chi connectivity index (χ4v) is 2.91. The lowest BCUT2D eigenvalue weighted by molar-refractivity contribution is -0.126. The van der Waals surface area contributed by atoms with E-state index in [1.165, 1.54) is 0 Å². The Morgan fingerprint density at radius 1 is 1.21 bits per heavy atom. The Morgan fingerprint density at radius 3 is 2.42 bits per heavy atom. The molecule has 5 nitrogen and oxygen atoms in total. The lowest BCUT2D eigenvalue weighted by atomic mass is 9.96. The quantitative estimate of drug-likeness (QED) is 0.786. The van der Waals surface area contributed by atoms with Crippen molar-refractivity contribution >= 4 is 46.2 Å². The fourth-order valence-electron chi connectivity index (χ4n) is 2.41. The Bertz CT molecular complexity index is 622. The molecule has 0 spiro atoms. The number of benzene rings is 1. The van der Waals surface area contributed by atoms with Gasteiger partial charge in [0.2, 0.25) is 5.91 Å². The SMILES string of the molecule is CN1CCN(c2c(Cl)cccc2NC(=S)NC(=O)C(C)(C)C)CC1. The van der Waals surface area contributed by atoms with Crippen molar-refractivity contribution < 1.29 is 4.79 Å². The number of hydrogen-bond donors (Lipinski definition) is 2. The van der Waals surface area contributed by atoms with Crippen LogP contribution in [0.1, 0.15) is 20.8 Å². The molecule has 1 heterocycles. The van der Waals surface area contributed by atoms with Gasteiger partial charge in [0.05, 0.1) is 16.4 Å². The minimum Gasteiger partial charge on any atom is -0.366 e. The number of anilines is 2. The Morgan fingerprint density at radius 2 is 1.83 bits per heavy atom. The van der Waals surface area contributed by atoms with Crippen LogP contribution in [-0.2, 0) is 4.79 Å². The summed E-state index contributed by atoms with van der Waals surface area (Å²) in [7, 11) is 2.11. The molecule has 132 valence electrons. The maximum atomic E-state index is 12.1. The van der Waals surface area contributed by atoms with Gasteiger partial charge in [0, 0.05) is 31.6 Å². The first-order chi connectivity index (χ1) is 11.2. The van der Waals surface area contributed by atoms with Crippen LogP contribution in [0.5, 0.6) is 0 Å². The molecule has 0 atom stereocenters. The molecule has 0 aliphatic carbocycles. The third kappa shape index (κ3) is 4.82.